The van der Waals surface area contributed by atoms with Gasteiger partial charge in [0.15, 0.2) is 0 Å². The van der Waals surface area contributed by atoms with E-state index in [4.69, 9.17) is 4.74 Å². The zero-order valence-corrected chi connectivity index (χ0v) is 16.9. The summed E-state index contributed by atoms with van der Waals surface area (Å²) < 4.78 is 5.62. The molecule has 29 heavy (non-hydrogen) atoms. The molecule has 4 rings (SSSR count). The largest absolute Gasteiger partial charge is 0.376 e. The van der Waals surface area contributed by atoms with Gasteiger partial charge in [0.2, 0.25) is 5.91 Å². The Labute approximate surface area is 172 Å². The van der Waals surface area contributed by atoms with Crippen molar-refractivity contribution < 1.29 is 9.53 Å². The molecule has 1 amide bonds. The fraction of sp³-hybridized carbons (Fsp3) is 0.320. The number of ether oxygens (including phenoxy) is 1. The second kappa shape index (κ2) is 9.21. The zero-order valence-electron chi connectivity index (χ0n) is 16.9. The van der Waals surface area contributed by atoms with Crippen molar-refractivity contribution in [3.63, 3.8) is 0 Å². The lowest BCUT2D eigenvalue weighted by atomic mass is 10.0. The minimum atomic E-state index is 0.0488. The summed E-state index contributed by atoms with van der Waals surface area (Å²) in [6, 6.07) is 22.9. The van der Waals surface area contributed by atoms with Crippen LogP contribution in [0.3, 0.4) is 0 Å². The summed E-state index contributed by atoms with van der Waals surface area (Å²) in [5.74, 6) is 0.0488. The van der Waals surface area contributed by atoms with Gasteiger partial charge in [-0.2, -0.15) is 0 Å². The van der Waals surface area contributed by atoms with Crippen LogP contribution in [0.5, 0.6) is 0 Å². The van der Waals surface area contributed by atoms with Crippen LogP contribution in [0, 0.1) is 0 Å². The van der Waals surface area contributed by atoms with Gasteiger partial charge in [-0.25, -0.2) is 0 Å². The molecule has 1 aliphatic heterocycles. The van der Waals surface area contributed by atoms with E-state index < -0.39 is 0 Å². The molecule has 0 bridgehead atoms. The zero-order chi connectivity index (χ0) is 20.1. The van der Waals surface area contributed by atoms with Crippen LogP contribution in [0.1, 0.15) is 23.6 Å². The van der Waals surface area contributed by atoms with Gasteiger partial charge >= 0.3 is 0 Å². The second-order valence-electron chi connectivity index (χ2n) is 7.87. The van der Waals surface area contributed by atoms with Gasteiger partial charge in [-0.15, -0.1) is 0 Å². The first-order chi connectivity index (χ1) is 14.2. The molecule has 4 nitrogen and oxygen atoms in total. The number of hydrogen-bond acceptors (Lipinski definition) is 3. The molecule has 1 aliphatic rings. The first-order valence-corrected chi connectivity index (χ1v) is 10.3. The Bertz CT molecular complexity index is 985. The molecule has 0 saturated carbocycles. The maximum Gasteiger partial charge on any atom is 0.224 e. The monoisotopic (exact) mass is 388 g/mol. The molecular formula is C25H28N2O2. The number of hydrogen-bond donors (Lipinski definition) is 1. The molecule has 150 valence electrons. The van der Waals surface area contributed by atoms with E-state index >= 15 is 0 Å². The van der Waals surface area contributed by atoms with E-state index in [0.717, 1.165) is 37.4 Å². The molecule has 0 aromatic heterocycles. The van der Waals surface area contributed by atoms with Crippen LogP contribution in [0.4, 0.5) is 0 Å². The van der Waals surface area contributed by atoms with Crippen molar-refractivity contribution in [2.24, 2.45) is 0 Å². The molecule has 1 heterocycles. The summed E-state index contributed by atoms with van der Waals surface area (Å²) in [5.41, 5.74) is 3.45. The maximum atomic E-state index is 12.4. The third kappa shape index (κ3) is 5.43. The molecule has 1 saturated heterocycles. The smallest absolute Gasteiger partial charge is 0.224 e. The van der Waals surface area contributed by atoms with Gasteiger partial charge in [0.1, 0.15) is 0 Å². The number of benzene rings is 3. The predicted octanol–water partition coefficient (Wildman–Crippen LogP) is 3.92. The van der Waals surface area contributed by atoms with Crippen LogP contribution >= 0.6 is 0 Å². The predicted molar refractivity (Wildman–Crippen MR) is 117 cm³/mol. The highest BCUT2D eigenvalue weighted by atomic mass is 16.5. The molecule has 3 aromatic carbocycles. The Balaban J connectivity index is 1.31. The molecular weight excluding hydrogens is 360 g/mol. The highest BCUT2D eigenvalue weighted by Crippen LogP contribution is 2.16. The first kappa shape index (κ1) is 19.6. The Kier molecular flexibility index (Phi) is 6.23. The van der Waals surface area contributed by atoms with E-state index in [1.54, 1.807) is 0 Å². The van der Waals surface area contributed by atoms with Gasteiger partial charge in [0, 0.05) is 26.2 Å². The molecule has 1 N–H and O–H groups in total. The third-order valence-corrected chi connectivity index (χ3v) is 5.39. The molecule has 3 aromatic rings. The molecule has 0 spiro atoms. The lowest BCUT2D eigenvalue weighted by molar-refractivity contribution is -0.120. The van der Waals surface area contributed by atoms with Crippen molar-refractivity contribution in [3.05, 3.63) is 83.4 Å². The van der Waals surface area contributed by atoms with E-state index in [0.29, 0.717) is 19.1 Å². The molecule has 1 fully saturated rings. The Morgan fingerprint density at radius 2 is 1.83 bits per heavy atom. The minimum absolute atomic E-state index is 0.0488. The van der Waals surface area contributed by atoms with Crippen LogP contribution in [0.15, 0.2) is 66.7 Å². The fourth-order valence-electron chi connectivity index (χ4n) is 3.93. The van der Waals surface area contributed by atoms with Gasteiger partial charge in [-0.3, -0.25) is 9.69 Å². The highest BCUT2D eigenvalue weighted by molar-refractivity contribution is 5.85. The summed E-state index contributed by atoms with van der Waals surface area (Å²) in [7, 11) is 0. The van der Waals surface area contributed by atoms with Gasteiger partial charge in [0.05, 0.1) is 19.1 Å². The topological polar surface area (TPSA) is 41.6 Å². The summed E-state index contributed by atoms with van der Waals surface area (Å²) in [6.45, 7) is 6.33. The Hall–Kier alpha value is -2.69. The van der Waals surface area contributed by atoms with E-state index in [1.807, 2.05) is 18.2 Å². The average Bonchev–Trinajstić information content (AvgIpc) is 2.72. The van der Waals surface area contributed by atoms with E-state index in [9.17, 15) is 4.79 Å². The number of rotatable bonds is 6. The molecule has 1 atom stereocenters. The fourth-order valence-corrected chi connectivity index (χ4v) is 3.93. The average molecular weight is 389 g/mol. The van der Waals surface area contributed by atoms with Crippen molar-refractivity contribution in [1.29, 1.82) is 0 Å². The van der Waals surface area contributed by atoms with Gasteiger partial charge in [0.25, 0.3) is 0 Å². The van der Waals surface area contributed by atoms with Crippen molar-refractivity contribution in [2.45, 2.75) is 32.5 Å². The Morgan fingerprint density at radius 3 is 2.69 bits per heavy atom. The van der Waals surface area contributed by atoms with Crippen molar-refractivity contribution in [3.8, 4) is 0 Å². The third-order valence-electron chi connectivity index (χ3n) is 5.39. The minimum Gasteiger partial charge on any atom is -0.376 e. The lowest BCUT2D eigenvalue weighted by Crippen LogP contribution is -2.40. The number of carbonyl (C=O) groups excluding carboxylic acids is 1. The summed E-state index contributed by atoms with van der Waals surface area (Å²) in [5, 5.41) is 5.43. The number of amides is 1. The van der Waals surface area contributed by atoms with E-state index in [-0.39, 0.29) is 5.91 Å². The van der Waals surface area contributed by atoms with Gasteiger partial charge in [-0.05, 0) is 34.4 Å². The summed E-state index contributed by atoms with van der Waals surface area (Å²) >= 11 is 0. The van der Waals surface area contributed by atoms with E-state index in [1.165, 1.54) is 16.3 Å². The molecule has 1 unspecified atom stereocenters. The normalized spacial score (nSPS) is 17.3. The van der Waals surface area contributed by atoms with Crippen LogP contribution in [-0.4, -0.2) is 36.6 Å². The Morgan fingerprint density at radius 1 is 1.00 bits per heavy atom. The number of carbonyl (C=O) groups is 1. The highest BCUT2D eigenvalue weighted by Gasteiger charge is 2.16. The number of fused-ring (bicyclic) bond motifs is 1. The van der Waals surface area contributed by atoms with E-state index in [2.05, 4.69) is 65.7 Å². The van der Waals surface area contributed by atoms with Crippen LogP contribution < -0.4 is 5.32 Å². The van der Waals surface area contributed by atoms with Gasteiger partial charge < -0.3 is 10.1 Å². The van der Waals surface area contributed by atoms with Crippen molar-refractivity contribution in [1.82, 2.24) is 10.2 Å². The number of nitrogens with zero attached hydrogens (tertiary/aromatic N) is 1. The second-order valence-corrected chi connectivity index (χ2v) is 7.87. The van der Waals surface area contributed by atoms with Crippen molar-refractivity contribution >= 4 is 16.7 Å². The molecule has 0 radical (unpaired) electrons. The molecule has 0 aliphatic carbocycles. The maximum absolute atomic E-state index is 12.4. The molecule has 4 heteroatoms. The lowest BCUT2D eigenvalue weighted by Gasteiger charge is -2.31. The number of nitrogens with one attached hydrogen (secondary N) is 1. The SMILES string of the molecule is CC1CN(Cc2cccc(CNC(=O)Cc3ccc4ccccc4c3)c2)CCO1. The summed E-state index contributed by atoms with van der Waals surface area (Å²) in [6.07, 6.45) is 0.692. The quantitative estimate of drug-likeness (QED) is 0.696. The van der Waals surface area contributed by atoms with Crippen LogP contribution in [-0.2, 0) is 29.0 Å². The summed E-state index contributed by atoms with van der Waals surface area (Å²) in [4.78, 5) is 14.8. The van der Waals surface area contributed by atoms with Crippen LogP contribution in [0.25, 0.3) is 10.8 Å². The number of morpholine rings is 1. The van der Waals surface area contributed by atoms with Crippen molar-refractivity contribution in [2.75, 3.05) is 19.7 Å². The standard InChI is InChI=1S/C25H28N2O2/c1-19-17-27(11-12-29-19)18-22-6-4-5-21(13-22)16-26-25(28)15-20-9-10-23-7-2-3-8-24(23)14-20/h2-10,13-14,19H,11-12,15-18H2,1H3,(H,26,28). The first-order valence-electron chi connectivity index (χ1n) is 10.3. The van der Waals surface area contributed by atoms with Crippen LogP contribution in [0.2, 0.25) is 0 Å². The van der Waals surface area contributed by atoms with Gasteiger partial charge in [-0.1, -0.05) is 66.7 Å².